The minimum Gasteiger partial charge on any atom is -0.307 e. The first-order chi connectivity index (χ1) is 8.31. The van der Waals surface area contributed by atoms with Crippen LogP contribution in [0.5, 0.6) is 0 Å². The van der Waals surface area contributed by atoms with Gasteiger partial charge in [0.1, 0.15) is 0 Å². The van der Waals surface area contributed by atoms with Gasteiger partial charge in [-0.25, -0.2) is 0 Å². The van der Waals surface area contributed by atoms with E-state index >= 15 is 0 Å². The van der Waals surface area contributed by atoms with Crippen LogP contribution in [0.4, 0.5) is 0 Å². The first-order valence-electron chi connectivity index (χ1n) is 6.97. The van der Waals surface area contributed by atoms with Crippen molar-refractivity contribution in [2.45, 2.75) is 58.0 Å². The standard InChI is InChI=1S/C15H24N2/c1-3-13-6-4-5-7-15(13)17-12(2)14-8-10-16-11-9-14/h8-13,15,17H,3-7H2,1-2H3. The molecule has 2 rings (SSSR count). The van der Waals surface area contributed by atoms with Crippen molar-refractivity contribution in [3.8, 4) is 0 Å². The van der Waals surface area contributed by atoms with Crippen molar-refractivity contribution < 1.29 is 0 Å². The summed E-state index contributed by atoms with van der Waals surface area (Å²) in [6.45, 7) is 4.58. The van der Waals surface area contributed by atoms with Crippen molar-refractivity contribution >= 4 is 0 Å². The fourth-order valence-corrected chi connectivity index (χ4v) is 2.99. The molecule has 1 aromatic rings. The molecule has 1 fully saturated rings. The normalized spacial score (nSPS) is 26.7. The lowest BCUT2D eigenvalue weighted by Crippen LogP contribution is -2.39. The molecule has 17 heavy (non-hydrogen) atoms. The minimum absolute atomic E-state index is 0.440. The molecule has 94 valence electrons. The molecule has 0 aliphatic heterocycles. The number of rotatable bonds is 4. The summed E-state index contributed by atoms with van der Waals surface area (Å²) >= 11 is 0. The maximum absolute atomic E-state index is 4.08. The second kappa shape index (κ2) is 6.15. The van der Waals surface area contributed by atoms with Crippen LogP contribution in [0.2, 0.25) is 0 Å². The summed E-state index contributed by atoms with van der Waals surface area (Å²) in [5.74, 6) is 0.869. The van der Waals surface area contributed by atoms with Gasteiger partial charge in [0, 0.05) is 24.5 Å². The maximum Gasteiger partial charge on any atom is 0.0295 e. The Kier molecular flexibility index (Phi) is 4.55. The van der Waals surface area contributed by atoms with E-state index in [-0.39, 0.29) is 0 Å². The van der Waals surface area contributed by atoms with Gasteiger partial charge in [0.15, 0.2) is 0 Å². The molecule has 1 aliphatic rings. The topological polar surface area (TPSA) is 24.9 Å². The summed E-state index contributed by atoms with van der Waals surface area (Å²) in [4.78, 5) is 4.08. The molecule has 2 nitrogen and oxygen atoms in total. The van der Waals surface area contributed by atoms with Crippen LogP contribution in [0.25, 0.3) is 0 Å². The van der Waals surface area contributed by atoms with Gasteiger partial charge in [0.2, 0.25) is 0 Å². The fourth-order valence-electron chi connectivity index (χ4n) is 2.99. The molecule has 3 atom stereocenters. The van der Waals surface area contributed by atoms with E-state index in [9.17, 15) is 0 Å². The highest BCUT2D eigenvalue weighted by atomic mass is 15.0. The van der Waals surface area contributed by atoms with Crippen LogP contribution in [0.1, 0.15) is 57.6 Å². The Bertz CT molecular complexity index is 323. The Labute approximate surface area is 105 Å². The fraction of sp³-hybridized carbons (Fsp3) is 0.667. The van der Waals surface area contributed by atoms with E-state index in [0.717, 1.165) is 5.92 Å². The summed E-state index contributed by atoms with van der Waals surface area (Å²) in [7, 11) is 0. The predicted octanol–water partition coefficient (Wildman–Crippen LogP) is 3.70. The first-order valence-corrected chi connectivity index (χ1v) is 6.97. The molecule has 0 bridgehead atoms. The second-order valence-corrected chi connectivity index (χ2v) is 5.23. The summed E-state index contributed by atoms with van der Waals surface area (Å²) in [5, 5.41) is 3.81. The van der Waals surface area contributed by atoms with Gasteiger partial charge < -0.3 is 5.32 Å². The zero-order valence-electron chi connectivity index (χ0n) is 11.0. The van der Waals surface area contributed by atoms with Crippen LogP contribution in [0, 0.1) is 5.92 Å². The van der Waals surface area contributed by atoms with E-state index < -0.39 is 0 Å². The molecule has 1 aromatic heterocycles. The quantitative estimate of drug-likeness (QED) is 0.856. The van der Waals surface area contributed by atoms with Crippen LogP contribution < -0.4 is 5.32 Å². The average Bonchev–Trinajstić information content (AvgIpc) is 2.40. The van der Waals surface area contributed by atoms with Crippen molar-refractivity contribution in [2.75, 3.05) is 0 Å². The summed E-state index contributed by atoms with van der Waals surface area (Å²) in [6.07, 6.45) is 10.6. The Hall–Kier alpha value is -0.890. The molecule has 0 spiro atoms. The van der Waals surface area contributed by atoms with Crippen molar-refractivity contribution in [1.82, 2.24) is 10.3 Å². The van der Waals surface area contributed by atoms with Gasteiger partial charge in [0.25, 0.3) is 0 Å². The number of hydrogen-bond acceptors (Lipinski definition) is 2. The summed E-state index contributed by atoms with van der Waals surface area (Å²) < 4.78 is 0. The zero-order valence-corrected chi connectivity index (χ0v) is 11.0. The van der Waals surface area contributed by atoms with Crippen molar-refractivity contribution in [3.63, 3.8) is 0 Å². The van der Waals surface area contributed by atoms with Gasteiger partial charge in [-0.15, -0.1) is 0 Å². The van der Waals surface area contributed by atoms with Crippen molar-refractivity contribution in [3.05, 3.63) is 30.1 Å². The highest BCUT2D eigenvalue weighted by Gasteiger charge is 2.24. The molecule has 1 N–H and O–H groups in total. The molecule has 1 saturated carbocycles. The Morgan fingerprint density at radius 1 is 1.29 bits per heavy atom. The molecular weight excluding hydrogens is 208 g/mol. The third-order valence-electron chi connectivity index (χ3n) is 4.10. The van der Waals surface area contributed by atoms with Gasteiger partial charge >= 0.3 is 0 Å². The molecular formula is C15H24N2. The van der Waals surface area contributed by atoms with Gasteiger partial charge in [-0.1, -0.05) is 26.2 Å². The lowest BCUT2D eigenvalue weighted by molar-refractivity contribution is 0.240. The van der Waals surface area contributed by atoms with E-state index in [0.29, 0.717) is 12.1 Å². The predicted molar refractivity (Wildman–Crippen MR) is 71.8 cm³/mol. The Balaban J connectivity index is 1.95. The van der Waals surface area contributed by atoms with Crippen molar-refractivity contribution in [2.24, 2.45) is 5.92 Å². The number of aromatic nitrogens is 1. The molecule has 1 heterocycles. The van der Waals surface area contributed by atoms with E-state index in [1.165, 1.54) is 37.7 Å². The van der Waals surface area contributed by atoms with Gasteiger partial charge in [-0.2, -0.15) is 0 Å². The van der Waals surface area contributed by atoms with E-state index in [1.54, 1.807) is 0 Å². The summed E-state index contributed by atoms with van der Waals surface area (Å²) in [5.41, 5.74) is 1.35. The molecule has 0 aromatic carbocycles. The Morgan fingerprint density at radius 3 is 2.71 bits per heavy atom. The molecule has 0 saturated heterocycles. The number of hydrogen-bond donors (Lipinski definition) is 1. The van der Waals surface area contributed by atoms with Crippen LogP contribution in [-0.2, 0) is 0 Å². The highest BCUT2D eigenvalue weighted by molar-refractivity contribution is 5.14. The van der Waals surface area contributed by atoms with Crippen molar-refractivity contribution in [1.29, 1.82) is 0 Å². The molecule has 0 radical (unpaired) electrons. The van der Waals surface area contributed by atoms with Crippen LogP contribution >= 0.6 is 0 Å². The zero-order chi connectivity index (χ0) is 12.1. The lowest BCUT2D eigenvalue weighted by atomic mass is 9.82. The minimum atomic E-state index is 0.440. The van der Waals surface area contributed by atoms with Gasteiger partial charge in [-0.3, -0.25) is 4.98 Å². The van der Waals surface area contributed by atoms with E-state index in [1.807, 2.05) is 12.4 Å². The highest BCUT2D eigenvalue weighted by Crippen LogP contribution is 2.28. The van der Waals surface area contributed by atoms with Crippen LogP contribution in [0.15, 0.2) is 24.5 Å². The molecule has 0 amide bonds. The Morgan fingerprint density at radius 2 is 2.00 bits per heavy atom. The first kappa shape index (κ1) is 12.6. The van der Waals surface area contributed by atoms with Crippen LogP contribution in [-0.4, -0.2) is 11.0 Å². The smallest absolute Gasteiger partial charge is 0.0295 e. The average molecular weight is 232 g/mol. The third kappa shape index (κ3) is 3.29. The van der Waals surface area contributed by atoms with E-state index in [4.69, 9.17) is 0 Å². The largest absolute Gasteiger partial charge is 0.307 e. The summed E-state index contributed by atoms with van der Waals surface area (Å²) in [6, 6.07) is 5.37. The number of nitrogens with zero attached hydrogens (tertiary/aromatic N) is 1. The van der Waals surface area contributed by atoms with Crippen LogP contribution in [0.3, 0.4) is 0 Å². The second-order valence-electron chi connectivity index (χ2n) is 5.23. The molecule has 1 aliphatic carbocycles. The van der Waals surface area contributed by atoms with Gasteiger partial charge in [-0.05, 0) is 43.4 Å². The molecule has 2 heteroatoms. The molecule has 3 unspecified atom stereocenters. The maximum atomic E-state index is 4.08. The SMILES string of the molecule is CCC1CCCCC1NC(C)c1ccncc1. The number of pyridine rings is 1. The number of nitrogens with one attached hydrogen (secondary N) is 1. The monoisotopic (exact) mass is 232 g/mol. The van der Waals surface area contributed by atoms with Gasteiger partial charge in [0.05, 0.1) is 0 Å². The lowest BCUT2D eigenvalue weighted by Gasteiger charge is -2.34. The third-order valence-corrected chi connectivity index (χ3v) is 4.10. The van der Waals surface area contributed by atoms with E-state index in [2.05, 4.69) is 36.3 Å².